The van der Waals surface area contributed by atoms with E-state index >= 15 is 0 Å². The first kappa shape index (κ1) is 19.8. The standard InChI is InChI=1S/C19H22N4O4S/c20-28(26,27)17-10-6-15(7-11-17)22-19(25)18(24)21-14-4-8-16(9-5-14)23-12-2-1-3-13-23/h4-11H,1-3,12-13H2,(H,21,24)(H,22,25)(H2,20,26,27). The number of hydrogen-bond acceptors (Lipinski definition) is 5. The van der Waals surface area contributed by atoms with Crippen LogP contribution in [0.2, 0.25) is 0 Å². The van der Waals surface area contributed by atoms with Crippen molar-refractivity contribution < 1.29 is 18.0 Å². The van der Waals surface area contributed by atoms with Gasteiger partial charge in [0.05, 0.1) is 4.90 Å². The normalized spacial score (nSPS) is 14.4. The zero-order valence-corrected chi connectivity index (χ0v) is 16.0. The molecule has 3 rings (SSSR count). The number of primary sulfonamides is 1. The average molecular weight is 402 g/mol. The summed E-state index contributed by atoms with van der Waals surface area (Å²) in [5, 5.41) is 9.97. The summed E-state index contributed by atoms with van der Waals surface area (Å²) in [7, 11) is -3.81. The molecule has 0 bridgehead atoms. The number of piperidine rings is 1. The topological polar surface area (TPSA) is 122 Å². The Kier molecular flexibility index (Phi) is 5.96. The van der Waals surface area contributed by atoms with E-state index in [2.05, 4.69) is 15.5 Å². The molecule has 1 aliphatic rings. The third-order valence-electron chi connectivity index (χ3n) is 4.49. The molecule has 4 N–H and O–H groups in total. The minimum atomic E-state index is -3.81. The maximum Gasteiger partial charge on any atom is 0.314 e. The summed E-state index contributed by atoms with van der Waals surface area (Å²) in [4.78, 5) is 26.3. The van der Waals surface area contributed by atoms with Gasteiger partial charge in [-0.1, -0.05) is 0 Å². The van der Waals surface area contributed by atoms with Crippen LogP contribution >= 0.6 is 0 Å². The molecule has 1 aliphatic heterocycles. The van der Waals surface area contributed by atoms with Crippen molar-refractivity contribution in [2.45, 2.75) is 24.2 Å². The highest BCUT2D eigenvalue weighted by Crippen LogP contribution is 2.22. The maximum atomic E-state index is 12.1. The van der Waals surface area contributed by atoms with Gasteiger partial charge in [0.1, 0.15) is 0 Å². The van der Waals surface area contributed by atoms with Gasteiger partial charge in [0.2, 0.25) is 10.0 Å². The van der Waals surface area contributed by atoms with E-state index in [0.717, 1.165) is 18.8 Å². The number of nitrogens with two attached hydrogens (primary N) is 1. The molecule has 0 aromatic heterocycles. The molecule has 0 spiro atoms. The lowest BCUT2D eigenvalue weighted by molar-refractivity contribution is -0.132. The largest absolute Gasteiger partial charge is 0.372 e. The highest BCUT2D eigenvalue weighted by molar-refractivity contribution is 7.89. The molecule has 1 fully saturated rings. The Morgan fingerprint density at radius 1 is 0.786 bits per heavy atom. The van der Waals surface area contributed by atoms with Crippen molar-refractivity contribution in [3.05, 3.63) is 48.5 Å². The molecule has 0 aliphatic carbocycles. The minimum absolute atomic E-state index is 0.0799. The summed E-state index contributed by atoms with van der Waals surface area (Å²) in [5.41, 5.74) is 1.90. The molecule has 8 nitrogen and oxygen atoms in total. The lowest BCUT2D eigenvalue weighted by Gasteiger charge is -2.28. The number of carbonyl (C=O) groups excluding carboxylic acids is 2. The first-order valence-corrected chi connectivity index (χ1v) is 10.5. The van der Waals surface area contributed by atoms with Crippen LogP contribution in [-0.4, -0.2) is 33.3 Å². The summed E-state index contributed by atoms with van der Waals surface area (Å²) >= 11 is 0. The first-order chi connectivity index (χ1) is 13.3. The van der Waals surface area contributed by atoms with Gasteiger partial charge >= 0.3 is 11.8 Å². The van der Waals surface area contributed by atoms with Crippen LogP contribution in [0.3, 0.4) is 0 Å². The Labute approximate surface area is 163 Å². The molecule has 2 amide bonds. The van der Waals surface area contributed by atoms with Crippen LogP contribution in [0.5, 0.6) is 0 Å². The van der Waals surface area contributed by atoms with Crippen LogP contribution in [0.25, 0.3) is 0 Å². The summed E-state index contributed by atoms with van der Waals surface area (Å²) in [6, 6.07) is 12.6. The van der Waals surface area contributed by atoms with Crippen LogP contribution in [0.1, 0.15) is 19.3 Å². The minimum Gasteiger partial charge on any atom is -0.372 e. The van der Waals surface area contributed by atoms with E-state index in [9.17, 15) is 18.0 Å². The molecule has 0 atom stereocenters. The van der Waals surface area contributed by atoms with Crippen molar-refractivity contribution >= 4 is 38.9 Å². The second-order valence-corrected chi connectivity index (χ2v) is 8.13. The average Bonchev–Trinajstić information content (AvgIpc) is 2.69. The quantitative estimate of drug-likeness (QED) is 0.675. The molecule has 0 radical (unpaired) electrons. The molecule has 2 aromatic carbocycles. The Morgan fingerprint density at radius 2 is 1.25 bits per heavy atom. The molecule has 9 heteroatoms. The Morgan fingerprint density at radius 3 is 1.71 bits per heavy atom. The van der Waals surface area contributed by atoms with Gasteiger partial charge in [0.25, 0.3) is 0 Å². The number of sulfonamides is 1. The molecular formula is C19H22N4O4S. The van der Waals surface area contributed by atoms with Crippen molar-refractivity contribution in [3.63, 3.8) is 0 Å². The van der Waals surface area contributed by atoms with Gasteiger partial charge in [0, 0.05) is 30.2 Å². The van der Waals surface area contributed by atoms with Crippen LogP contribution in [0.4, 0.5) is 17.1 Å². The summed E-state index contributed by atoms with van der Waals surface area (Å²) in [6.45, 7) is 2.05. The van der Waals surface area contributed by atoms with Crippen molar-refractivity contribution in [1.29, 1.82) is 0 Å². The van der Waals surface area contributed by atoms with Crippen LogP contribution < -0.4 is 20.7 Å². The van der Waals surface area contributed by atoms with E-state index in [1.54, 1.807) is 12.1 Å². The van der Waals surface area contributed by atoms with E-state index in [1.807, 2.05) is 12.1 Å². The second-order valence-electron chi connectivity index (χ2n) is 6.57. The Balaban J connectivity index is 1.57. The number of benzene rings is 2. The smallest absolute Gasteiger partial charge is 0.314 e. The first-order valence-electron chi connectivity index (χ1n) is 8.93. The molecule has 0 unspecified atom stereocenters. The van der Waals surface area contributed by atoms with Gasteiger partial charge in [-0.3, -0.25) is 9.59 Å². The second kappa shape index (κ2) is 8.41. The predicted octanol–water partition coefficient (Wildman–Crippen LogP) is 1.90. The molecule has 28 heavy (non-hydrogen) atoms. The van der Waals surface area contributed by atoms with Gasteiger partial charge in [0.15, 0.2) is 0 Å². The van der Waals surface area contributed by atoms with E-state index in [-0.39, 0.29) is 10.6 Å². The number of hydrogen-bond donors (Lipinski definition) is 3. The summed E-state index contributed by atoms with van der Waals surface area (Å²) in [6.07, 6.45) is 3.61. The fourth-order valence-electron chi connectivity index (χ4n) is 3.01. The molecule has 0 saturated carbocycles. The van der Waals surface area contributed by atoms with Gasteiger partial charge < -0.3 is 15.5 Å². The molecule has 2 aromatic rings. The molecule has 1 saturated heterocycles. The lowest BCUT2D eigenvalue weighted by Crippen LogP contribution is -2.30. The van der Waals surface area contributed by atoms with Gasteiger partial charge in [-0.05, 0) is 67.8 Å². The predicted molar refractivity (Wildman–Crippen MR) is 108 cm³/mol. The van der Waals surface area contributed by atoms with Gasteiger partial charge in [-0.15, -0.1) is 0 Å². The lowest BCUT2D eigenvalue weighted by atomic mass is 10.1. The number of carbonyl (C=O) groups is 2. The van der Waals surface area contributed by atoms with E-state index < -0.39 is 21.8 Å². The number of rotatable bonds is 4. The highest BCUT2D eigenvalue weighted by atomic mass is 32.2. The SMILES string of the molecule is NS(=O)(=O)c1ccc(NC(=O)C(=O)Nc2ccc(N3CCCCC3)cc2)cc1. The van der Waals surface area contributed by atoms with E-state index in [4.69, 9.17) is 5.14 Å². The summed E-state index contributed by atoms with van der Waals surface area (Å²) < 4.78 is 22.5. The number of nitrogens with zero attached hydrogens (tertiary/aromatic N) is 1. The maximum absolute atomic E-state index is 12.1. The van der Waals surface area contributed by atoms with Gasteiger partial charge in [-0.2, -0.15) is 0 Å². The van der Waals surface area contributed by atoms with Crippen molar-refractivity contribution in [3.8, 4) is 0 Å². The van der Waals surface area contributed by atoms with E-state index in [1.165, 1.54) is 43.5 Å². The zero-order chi connectivity index (χ0) is 20.1. The molecule has 1 heterocycles. The van der Waals surface area contributed by atoms with Crippen LogP contribution in [-0.2, 0) is 19.6 Å². The number of nitrogens with one attached hydrogen (secondary N) is 2. The monoisotopic (exact) mass is 402 g/mol. The number of amides is 2. The fraction of sp³-hybridized carbons (Fsp3) is 0.263. The van der Waals surface area contributed by atoms with Crippen LogP contribution in [0, 0.1) is 0 Å². The van der Waals surface area contributed by atoms with Crippen molar-refractivity contribution in [2.75, 3.05) is 28.6 Å². The molecular weight excluding hydrogens is 380 g/mol. The number of anilines is 3. The highest BCUT2D eigenvalue weighted by Gasteiger charge is 2.16. The summed E-state index contributed by atoms with van der Waals surface area (Å²) in [5.74, 6) is -1.68. The third-order valence-corrected chi connectivity index (χ3v) is 5.42. The Hall–Kier alpha value is -2.91. The van der Waals surface area contributed by atoms with Crippen molar-refractivity contribution in [2.24, 2.45) is 5.14 Å². The Bertz CT molecular complexity index is 950. The van der Waals surface area contributed by atoms with Crippen LogP contribution in [0.15, 0.2) is 53.4 Å². The third kappa shape index (κ3) is 5.08. The fourth-order valence-corrected chi connectivity index (χ4v) is 3.53. The van der Waals surface area contributed by atoms with E-state index in [0.29, 0.717) is 5.69 Å². The van der Waals surface area contributed by atoms with Gasteiger partial charge in [-0.25, -0.2) is 13.6 Å². The zero-order valence-electron chi connectivity index (χ0n) is 15.2. The van der Waals surface area contributed by atoms with Crippen molar-refractivity contribution in [1.82, 2.24) is 0 Å². The molecule has 148 valence electrons.